The largest absolute Gasteiger partial charge is 0.493 e. The van der Waals surface area contributed by atoms with E-state index in [0.29, 0.717) is 32.1 Å². The molecule has 0 bridgehead atoms. The molecule has 0 aliphatic carbocycles. The number of pyridine rings is 1. The molecular formula is C41H45N3O4S2. The van der Waals surface area contributed by atoms with Crippen molar-refractivity contribution in [3.05, 3.63) is 101 Å². The molecular weight excluding hydrogens is 663 g/mol. The van der Waals surface area contributed by atoms with Crippen molar-refractivity contribution in [3.63, 3.8) is 0 Å². The molecule has 50 heavy (non-hydrogen) atoms. The number of methoxy groups -OCH3 is 1. The van der Waals surface area contributed by atoms with Gasteiger partial charge in [-0.25, -0.2) is 9.97 Å². The molecule has 3 aromatic heterocycles. The highest BCUT2D eigenvalue weighted by atomic mass is 32.2. The zero-order valence-corrected chi connectivity index (χ0v) is 31.5. The second-order valence-corrected chi connectivity index (χ2v) is 16.9. The SMILES string of the molecule is CCOC(=O)C(C)(C)Cc1c(SC(C)(C)C)c2cc(OCCc3nc4ccccc4s3)ccc2n1Cc1ccc(-c2ccc(OC)nc2)cc1. The van der Waals surface area contributed by atoms with E-state index in [1.807, 2.05) is 63.0 Å². The monoisotopic (exact) mass is 707 g/mol. The van der Waals surface area contributed by atoms with Crippen LogP contribution in [0.25, 0.3) is 32.2 Å². The van der Waals surface area contributed by atoms with Gasteiger partial charge in [0.05, 0.1) is 41.0 Å². The first-order valence-corrected chi connectivity index (χ1v) is 18.7. The van der Waals surface area contributed by atoms with Gasteiger partial charge in [-0.3, -0.25) is 4.79 Å². The molecule has 7 nitrogen and oxygen atoms in total. The van der Waals surface area contributed by atoms with Crippen LogP contribution in [0.1, 0.15) is 57.8 Å². The van der Waals surface area contributed by atoms with Crippen LogP contribution in [0.15, 0.2) is 90.0 Å². The summed E-state index contributed by atoms with van der Waals surface area (Å²) in [4.78, 5) is 23.6. The fourth-order valence-electron chi connectivity index (χ4n) is 5.98. The summed E-state index contributed by atoms with van der Waals surface area (Å²) in [7, 11) is 1.62. The van der Waals surface area contributed by atoms with E-state index in [9.17, 15) is 4.79 Å². The molecule has 0 saturated heterocycles. The number of hydrogen-bond donors (Lipinski definition) is 0. The highest BCUT2D eigenvalue weighted by Crippen LogP contribution is 2.44. The van der Waals surface area contributed by atoms with Crippen LogP contribution in [0, 0.1) is 5.41 Å². The summed E-state index contributed by atoms with van der Waals surface area (Å²) >= 11 is 3.55. The molecule has 0 atom stereocenters. The van der Waals surface area contributed by atoms with Crippen LogP contribution in [0.5, 0.6) is 11.6 Å². The van der Waals surface area contributed by atoms with Crippen molar-refractivity contribution in [1.82, 2.24) is 14.5 Å². The summed E-state index contributed by atoms with van der Waals surface area (Å²) in [6.07, 6.45) is 3.10. The Morgan fingerprint density at radius 2 is 1.70 bits per heavy atom. The lowest BCUT2D eigenvalue weighted by Crippen LogP contribution is -2.30. The Hall–Kier alpha value is -4.34. The predicted octanol–water partition coefficient (Wildman–Crippen LogP) is 10.0. The third-order valence-corrected chi connectivity index (χ3v) is 10.8. The van der Waals surface area contributed by atoms with E-state index in [0.717, 1.165) is 56.0 Å². The maximum atomic E-state index is 13.2. The maximum Gasteiger partial charge on any atom is 0.311 e. The van der Waals surface area contributed by atoms with Crippen molar-refractivity contribution in [1.29, 1.82) is 0 Å². The molecule has 3 aromatic carbocycles. The molecule has 0 radical (unpaired) electrons. The number of benzene rings is 3. The van der Waals surface area contributed by atoms with E-state index in [1.165, 1.54) is 9.60 Å². The average Bonchev–Trinajstić information content (AvgIpc) is 3.62. The van der Waals surface area contributed by atoms with Gasteiger partial charge in [0.1, 0.15) is 5.75 Å². The number of rotatable bonds is 13. The van der Waals surface area contributed by atoms with Crippen LogP contribution in [0.2, 0.25) is 0 Å². The van der Waals surface area contributed by atoms with Crippen LogP contribution < -0.4 is 9.47 Å². The topological polar surface area (TPSA) is 75.5 Å². The first-order chi connectivity index (χ1) is 23.9. The lowest BCUT2D eigenvalue weighted by atomic mass is 9.87. The van der Waals surface area contributed by atoms with E-state index >= 15 is 0 Å². The maximum absolute atomic E-state index is 13.2. The summed E-state index contributed by atoms with van der Waals surface area (Å²) in [5, 5.41) is 2.19. The van der Waals surface area contributed by atoms with Gasteiger partial charge in [0.2, 0.25) is 5.88 Å². The van der Waals surface area contributed by atoms with Gasteiger partial charge in [-0.1, -0.05) is 57.2 Å². The second kappa shape index (κ2) is 14.9. The molecule has 260 valence electrons. The third kappa shape index (κ3) is 8.16. The van der Waals surface area contributed by atoms with Gasteiger partial charge in [0.25, 0.3) is 0 Å². The van der Waals surface area contributed by atoms with Gasteiger partial charge in [-0.15, -0.1) is 23.1 Å². The number of thioether (sulfide) groups is 1. The third-order valence-electron chi connectivity index (χ3n) is 8.43. The van der Waals surface area contributed by atoms with E-state index < -0.39 is 5.41 Å². The van der Waals surface area contributed by atoms with Crippen LogP contribution in [0.3, 0.4) is 0 Å². The van der Waals surface area contributed by atoms with Gasteiger partial charge in [0.15, 0.2) is 0 Å². The number of esters is 1. The van der Waals surface area contributed by atoms with E-state index in [1.54, 1.807) is 18.4 Å². The summed E-state index contributed by atoms with van der Waals surface area (Å²) < 4.78 is 20.6. The quantitative estimate of drug-likeness (QED) is 0.0874. The zero-order valence-electron chi connectivity index (χ0n) is 29.9. The van der Waals surface area contributed by atoms with E-state index in [4.69, 9.17) is 19.2 Å². The summed E-state index contributed by atoms with van der Waals surface area (Å²) in [5.74, 6) is 1.22. The van der Waals surface area contributed by atoms with Crippen molar-refractivity contribution < 1.29 is 19.0 Å². The number of aromatic nitrogens is 3. The standard InChI is InChI=1S/C41H45N3O4S2/c1-8-47-39(45)41(5,6)24-34-38(50-40(2,3)4)31-23-30(48-22-21-37-43-32-11-9-10-12-35(32)49-37)18-19-33(31)44(34)26-27-13-15-28(16-14-27)29-17-20-36(46-7)42-25-29/h9-20,23,25H,8,21-22,24,26H2,1-7H3. The predicted molar refractivity (Wildman–Crippen MR) is 206 cm³/mol. The average molecular weight is 708 g/mol. The van der Waals surface area contributed by atoms with Crippen LogP contribution in [-0.2, 0) is 28.9 Å². The van der Waals surface area contributed by atoms with Gasteiger partial charge in [0, 0.05) is 63.5 Å². The first kappa shape index (κ1) is 35.5. The molecule has 0 spiro atoms. The molecule has 0 aliphatic rings. The fourth-order valence-corrected chi connectivity index (χ4v) is 8.11. The number of carbonyl (C=O) groups excluding carboxylic acids is 1. The van der Waals surface area contributed by atoms with Gasteiger partial charge in [-0.2, -0.15) is 0 Å². The molecule has 3 heterocycles. The zero-order chi connectivity index (χ0) is 35.5. The van der Waals surface area contributed by atoms with Crippen molar-refractivity contribution in [2.75, 3.05) is 20.3 Å². The molecule has 0 saturated carbocycles. The minimum absolute atomic E-state index is 0.0698. The summed E-state index contributed by atoms with van der Waals surface area (Å²) in [6, 6.07) is 27.1. The van der Waals surface area contributed by atoms with Crippen LogP contribution in [0.4, 0.5) is 0 Å². The molecule has 0 N–H and O–H groups in total. The lowest BCUT2D eigenvalue weighted by molar-refractivity contribution is -0.153. The Bertz CT molecular complexity index is 2060. The fraction of sp³-hybridized carbons (Fsp3) is 0.341. The molecule has 0 aliphatic heterocycles. The molecule has 9 heteroatoms. The lowest BCUT2D eigenvalue weighted by Gasteiger charge is -2.26. The minimum Gasteiger partial charge on any atom is -0.493 e. The molecule has 0 fully saturated rings. The molecule has 0 amide bonds. The van der Waals surface area contributed by atoms with Crippen LogP contribution >= 0.6 is 23.1 Å². The second-order valence-electron chi connectivity index (χ2n) is 14.0. The number of nitrogens with zero attached hydrogens (tertiary/aromatic N) is 3. The smallest absolute Gasteiger partial charge is 0.311 e. The molecule has 6 aromatic rings. The first-order valence-electron chi connectivity index (χ1n) is 17.0. The Morgan fingerprint density at radius 1 is 0.940 bits per heavy atom. The van der Waals surface area contributed by atoms with Crippen LogP contribution in [-0.4, -0.2) is 45.6 Å². The Kier molecular flexibility index (Phi) is 10.6. The number of fused-ring (bicyclic) bond motifs is 2. The molecule has 6 rings (SSSR count). The highest BCUT2D eigenvalue weighted by molar-refractivity contribution is 8.00. The van der Waals surface area contributed by atoms with E-state index in [-0.39, 0.29) is 10.7 Å². The van der Waals surface area contributed by atoms with Crippen molar-refractivity contribution in [2.24, 2.45) is 5.41 Å². The molecule has 0 unspecified atom stereocenters. The van der Waals surface area contributed by atoms with Gasteiger partial charge >= 0.3 is 5.97 Å². The minimum atomic E-state index is -0.725. The van der Waals surface area contributed by atoms with Crippen molar-refractivity contribution in [3.8, 4) is 22.8 Å². The number of thiazole rings is 1. The van der Waals surface area contributed by atoms with E-state index in [2.05, 4.69) is 84.9 Å². The Labute approximate surface area is 303 Å². The Morgan fingerprint density at radius 3 is 2.38 bits per heavy atom. The highest BCUT2D eigenvalue weighted by Gasteiger charge is 2.34. The number of carbonyl (C=O) groups is 1. The summed E-state index contributed by atoms with van der Waals surface area (Å²) in [6.45, 7) is 14.0. The normalized spacial score (nSPS) is 12.1. The summed E-state index contributed by atoms with van der Waals surface area (Å²) in [5.41, 5.74) is 5.80. The van der Waals surface area contributed by atoms with Crippen molar-refractivity contribution in [2.45, 2.75) is 70.6 Å². The van der Waals surface area contributed by atoms with Gasteiger partial charge in [-0.05, 0) is 68.3 Å². The number of ether oxygens (including phenoxy) is 3. The van der Waals surface area contributed by atoms with Crippen molar-refractivity contribution >= 4 is 50.2 Å². The number of para-hydroxylation sites is 1. The number of hydrogen-bond acceptors (Lipinski definition) is 8. The Balaban J connectivity index is 1.36. The van der Waals surface area contributed by atoms with Gasteiger partial charge < -0.3 is 18.8 Å².